The highest BCUT2D eigenvalue weighted by Gasteiger charge is 2.19. The third-order valence-electron chi connectivity index (χ3n) is 9.72. The third-order valence-corrected chi connectivity index (χ3v) is 9.72. The van der Waals surface area contributed by atoms with Crippen molar-refractivity contribution in [3.63, 3.8) is 0 Å². The third kappa shape index (κ3) is 4.96. The van der Waals surface area contributed by atoms with Gasteiger partial charge in [0.05, 0.1) is 0 Å². The van der Waals surface area contributed by atoms with E-state index in [1.54, 1.807) is 0 Å². The smallest absolute Gasteiger partial charge is 0.228 e. The molecular weight excluding hydrogens is 625 g/mol. The first kappa shape index (κ1) is 29.0. The molecule has 0 saturated heterocycles. The van der Waals surface area contributed by atoms with Gasteiger partial charge in [-0.05, 0) is 88.1 Å². The van der Waals surface area contributed by atoms with Crippen LogP contribution >= 0.6 is 0 Å². The molecule has 0 bridgehead atoms. The minimum absolute atomic E-state index is 0.577. The van der Waals surface area contributed by atoms with Crippen molar-refractivity contribution in [2.45, 2.75) is 0 Å². The maximum atomic E-state index is 6.59. The molecule has 0 unspecified atom stereocenters. The van der Waals surface area contributed by atoms with E-state index in [4.69, 9.17) is 13.8 Å². The molecule has 240 valence electrons. The lowest BCUT2D eigenvalue weighted by molar-refractivity contribution is 0.621. The van der Waals surface area contributed by atoms with Crippen LogP contribution in [0.5, 0.6) is 0 Å². The molecule has 10 rings (SSSR count). The summed E-state index contributed by atoms with van der Waals surface area (Å²) in [7, 11) is 0. The summed E-state index contributed by atoms with van der Waals surface area (Å²) in [5.74, 6) is 0.577. The Morgan fingerprint density at radius 2 is 0.961 bits per heavy atom. The lowest BCUT2D eigenvalue weighted by Crippen LogP contribution is -2.09. The number of benzene rings is 8. The Balaban J connectivity index is 1.02. The van der Waals surface area contributed by atoms with E-state index in [-0.39, 0.29) is 0 Å². The molecule has 0 fully saturated rings. The Hall–Kier alpha value is -6.91. The van der Waals surface area contributed by atoms with Gasteiger partial charge in [0.1, 0.15) is 16.7 Å². The zero-order chi connectivity index (χ0) is 33.7. The molecule has 4 heteroatoms. The van der Waals surface area contributed by atoms with E-state index >= 15 is 0 Å². The number of nitrogens with zero attached hydrogens (tertiary/aromatic N) is 2. The Bertz CT molecular complexity index is 2840. The first-order valence-electron chi connectivity index (χ1n) is 17.1. The van der Waals surface area contributed by atoms with Gasteiger partial charge in [0.15, 0.2) is 5.58 Å². The van der Waals surface area contributed by atoms with Crippen molar-refractivity contribution in [3.05, 3.63) is 182 Å². The van der Waals surface area contributed by atoms with Gasteiger partial charge in [-0.1, -0.05) is 121 Å². The summed E-state index contributed by atoms with van der Waals surface area (Å²) in [6.07, 6.45) is 0. The molecule has 0 amide bonds. The predicted molar refractivity (Wildman–Crippen MR) is 210 cm³/mol. The van der Waals surface area contributed by atoms with E-state index in [2.05, 4.69) is 144 Å². The summed E-state index contributed by atoms with van der Waals surface area (Å²) < 4.78 is 12.7. The van der Waals surface area contributed by atoms with Crippen LogP contribution in [0.2, 0.25) is 0 Å². The minimum atomic E-state index is 0.577. The van der Waals surface area contributed by atoms with Crippen molar-refractivity contribution in [1.82, 2.24) is 4.98 Å². The molecule has 0 N–H and O–H groups in total. The molecule has 0 saturated carbocycles. The van der Waals surface area contributed by atoms with Crippen LogP contribution in [-0.4, -0.2) is 4.98 Å². The van der Waals surface area contributed by atoms with Crippen molar-refractivity contribution in [1.29, 1.82) is 0 Å². The Morgan fingerprint density at radius 1 is 0.392 bits per heavy atom. The summed E-state index contributed by atoms with van der Waals surface area (Å²) in [5.41, 5.74) is 11.9. The van der Waals surface area contributed by atoms with Gasteiger partial charge < -0.3 is 13.7 Å². The number of oxazole rings is 1. The van der Waals surface area contributed by atoms with Crippen molar-refractivity contribution in [2.24, 2.45) is 0 Å². The van der Waals surface area contributed by atoms with Crippen LogP contribution in [0.3, 0.4) is 0 Å². The van der Waals surface area contributed by atoms with E-state index in [0.29, 0.717) is 5.89 Å². The van der Waals surface area contributed by atoms with Crippen molar-refractivity contribution < 1.29 is 8.83 Å². The van der Waals surface area contributed by atoms with Crippen molar-refractivity contribution >= 4 is 60.9 Å². The molecule has 10 aromatic rings. The average molecular weight is 655 g/mol. The average Bonchev–Trinajstić information content (AvgIpc) is 3.81. The molecule has 8 aromatic carbocycles. The fourth-order valence-electron chi connectivity index (χ4n) is 7.33. The number of fused-ring (bicyclic) bond motifs is 5. The zero-order valence-corrected chi connectivity index (χ0v) is 27.5. The molecule has 0 aliphatic carbocycles. The lowest BCUT2D eigenvalue weighted by atomic mass is 9.98. The number of furan rings is 1. The van der Waals surface area contributed by atoms with Crippen LogP contribution < -0.4 is 4.90 Å². The van der Waals surface area contributed by atoms with Crippen LogP contribution in [0.25, 0.3) is 77.5 Å². The van der Waals surface area contributed by atoms with Crippen LogP contribution in [-0.2, 0) is 0 Å². The van der Waals surface area contributed by atoms with E-state index in [0.717, 1.165) is 66.8 Å². The first-order chi connectivity index (χ1) is 25.3. The molecule has 0 atom stereocenters. The van der Waals surface area contributed by atoms with Crippen LogP contribution in [0.1, 0.15) is 0 Å². The Kier molecular flexibility index (Phi) is 6.78. The highest BCUT2D eigenvalue weighted by atomic mass is 16.4. The van der Waals surface area contributed by atoms with E-state index < -0.39 is 0 Å². The largest absolute Gasteiger partial charge is 0.456 e. The number of aromatic nitrogens is 1. The maximum Gasteiger partial charge on any atom is 0.228 e. The number of para-hydroxylation sites is 3. The quantitative estimate of drug-likeness (QED) is 0.179. The monoisotopic (exact) mass is 654 g/mol. The second-order valence-corrected chi connectivity index (χ2v) is 12.7. The van der Waals surface area contributed by atoms with Gasteiger partial charge in [-0.3, -0.25) is 0 Å². The molecule has 2 heterocycles. The maximum absolute atomic E-state index is 6.59. The van der Waals surface area contributed by atoms with Gasteiger partial charge in [0.25, 0.3) is 0 Å². The summed E-state index contributed by atoms with van der Waals surface area (Å²) >= 11 is 0. The van der Waals surface area contributed by atoms with E-state index in [1.165, 1.54) is 21.9 Å². The molecule has 2 aromatic heterocycles. The van der Waals surface area contributed by atoms with Crippen LogP contribution in [0.15, 0.2) is 191 Å². The van der Waals surface area contributed by atoms with Gasteiger partial charge in [0.2, 0.25) is 5.89 Å². The normalized spacial score (nSPS) is 11.5. The molecule has 4 nitrogen and oxygen atoms in total. The summed E-state index contributed by atoms with van der Waals surface area (Å²) in [6, 6.07) is 63.4. The first-order valence-corrected chi connectivity index (χ1v) is 17.1. The fraction of sp³-hybridized carbons (Fsp3) is 0. The Morgan fingerprint density at radius 3 is 1.76 bits per heavy atom. The predicted octanol–water partition coefficient (Wildman–Crippen LogP) is 13.4. The molecular formula is C47H30N2O2. The van der Waals surface area contributed by atoms with Gasteiger partial charge in [-0.25, -0.2) is 4.98 Å². The number of anilines is 3. The Labute approximate surface area is 294 Å². The van der Waals surface area contributed by atoms with E-state index in [1.807, 2.05) is 42.5 Å². The number of rotatable bonds is 6. The highest BCUT2D eigenvalue weighted by Crippen LogP contribution is 2.41. The summed E-state index contributed by atoms with van der Waals surface area (Å²) in [5, 5.41) is 4.56. The van der Waals surface area contributed by atoms with Gasteiger partial charge in [-0.2, -0.15) is 0 Å². The minimum Gasteiger partial charge on any atom is -0.456 e. The molecule has 51 heavy (non-hydrogen) atoms. The molecule has 0 aliphatic rings. The second kappa shape index (κ2) is 11.9. The van der Waals surface area contributed by atoms with Crippen LogP contribution in [0, 0.1) is 0 Å². The molecule has 0 radical (unpaired) electrons. The van der Waals surface area contributed by atoms with Crippen LogP contribution in [0.4, 0.5) is 17.1 Å². The SMILES string of the molecule is c1ccc(N(c2ccc(-c3cccc4ccccc34)cc2)c2ccc(-c3cccc4nc(-c5cccc6oc7ccccc7c56)oc34)cc2)cc1. The van der Waals surface area contributed by atoms with E-state index in [9.17, 15) is 0 Å². The fourth-order valence-corrected chi connectivity index (χ4v) is 7.33. The number of hydrogen-bond acceptors (Lipinski definition) is 4. The van der Waals surface area contributed by atoms with Crippen molar-refractivity contribution in [3.8, 4) is 33.7 Å². The lowest BCUT2D eigenvalue weighted by Gasteiger charge is -2.26. The van der Waals surface area contributed by atoms with Gasteiger partial charge in [-0.15, -0.1) is 0 Å². The van der Waals surface area contributed by atoms with Gasteiger partial charge in [0, 0.05) is 39.0 Å². The van der Waals surface area contributed by atoms with Gasteiger partial charge >= 0.3 is 0 Å². The second-order valence-electron chi connectivity index (χ2n) is 12.7. The summed E-state index contributed by atoms with van der Waals surface area (Å²) in [6.45, 7) is 0. The van der Waals surface area contributed by atoms with Crippen molar-refractivity contribution in [2.75, 3.05) is 4.90 Å². The standard InChI is InChI=1S/C47H30N2O2/c1-2-13-34(14-3-1)49(35-27-23-32(24-28-35)38-17-8-12-31-11-4-5-15-37(31)38)36-29-25-33(26-30-36)39-18-9-20-42-46(39)51-47(48-42)41-19-10-22-44-45(41)40-16-6-7-21-43(40)50-44/h1-30H. The summed E-state index contributed by atoms with van der Waals surface area (Å²) in [4.78, 5) is 7.25. The topological polar surface area (TPSA) is 42.4 Å². The molecule has 0 spiro atoms. The zero-order valence-electron chi connectivity index (χ0n) is 27.5. The number of hydrogen-bond donors (Lipinski definition) is 0. The molecule has 0 aliphatic heterocycles. The highest BCUT2D eigenvalue weighted by molar-refractivity contribution is 6.12.